The van der Waals surface area contributed by atoms with Crippen LogP contribution in [0.3, 0.4) is 0 Å². The predicted molar refractivity (Wildman–Crippen MR) is 87.3 cm³/mol. The number of anilines is 1. The van der Waals surface area contributed by atoms with Crippen molar-refractivity contribution in [2.75, 3.05) is 11.4 Å². The van der Waals surface area contributed by atoms with E-state index < -0.39 is 16.8 Å². The second-order valence-corrected chi connectivity index (χ2v) is 5.08. The van der Waals surface area contributed by atoms with Crippen LogP contribution in [-0.2, 0) is 11.3 Å². The van der Waals surface area contributed by atoms with E-state index in [1.165, 1.54) is 0 Å². The van der Waals surface area contributed by atoms with Crippen molar-refractivity contribution in [2.45, 2.75) is 20.0 Å². The predicted octanol–water partition coefficient (Wildman–Crippen LogP) is 4.29. The summed E-state index contributed by atoms with van der Waals surface area (Å²) in [6, 6.07) is 12.0. The molecule has 6 nitrogen and oxygen atoms in total. The Morgan fingerprint density at radius 3 is 2.58 bits per heavy atom. The maximum absolute atomic E-state index is 13.5. The average Bonchev–Trinajstić information content (AvgIpc) is 2.58. The molecule has 2 aromatic carbocycles. The highest BCUT2D eigenvalue weighted by molar-refractivity contribution is 5.90. The summed E-state index contributed by atoms with van der Waals surface area (Å²) in [7, 11) is 0. The van der Waals surface area contributed by atoms with Crippen molar-refractivity contribution >= 4 is 17.5 Å². The number of amides is 1. The van der Waals surface area contributed by atoms with Gasteiger partial charge in [-0.25, -0.2) is 9.18 Å². The molecule has 0 aromatic heterocycles. The number of nitro benzene ring substituents is 1. The van der Waals surface area contributed by atoms with Gasteiger partial charge in [0, 0.05) is 18.7 Å². The van der Waals surface area contributed by atoms with E-state index in [1.54, 1.807) is 12.1 Å². The first kappa shape index (κ1) is 17.4. The Morgan fingerprint density at radius 1 is 1.25 bits per heavy atom. The number of nitro groups is 1. The number of benzene rings is 2. The van der Waals surface area contributed by atoms with Crippen molar-refractivity contribution in [1.29, 1.82) is 0 Å². The fourth-order valence-electron chi connectivity index (χ4n) is 2.20. The van der Waals surface area contributed by atoms with Gasteiger partial charge >= 0.3 is 6.09 Å². The van der Waals surface area contributed by atoms with E-state index in [0.717, 1.165) is 28.7 Å². The van der Waals surface area contributed by atoms with E-state index in [0.29, 0.717) is 6.42 Å². The molecule has 2 aromatic rings. The third-order valence-corrected chi connectivity index (χ3v) is 3.30. The summed E-state index contributed by atoms with van der Waals surface area (Å²) in [6.07, 6.45) is -0.219. The molecule has 0 aliphatic carbocycles. The fourth-order valence-corrected chi connectivity index (χ4v) is 2.20. The van der Waals surface area contributed by atoms with Crippen LogP contribution in [0, 0.1) is 15.9 Å². The first-order valence-electron chi connectivity index (χ1n) is 7.45. The van der Waals surface area contributed by atoms with Crippen molar-refractivity contribution in [3.8, 4) is 0 Å². The molecule has 0 saturated carbocycles. The highest BCUT2D eigenvalue weighted by Crippen LogP contribution is 2.29. The van der Waals surface area contributed by atoms with Gasteiger partial charge in [0.05, 0.1) is 4.92 Å². The van der Waals surface area contributed by atoms with E-state index >= 15 is 0 Å². The lowest BCUT2D eigenvalue weighted by Gasteiger charge is -2.21. The van der Waals surface area contributed by atoms with Gasteiger partial charge in [0.1, 0.15) is 18.1 Å². The lowest BCUT2D eigenvalue weighted by molar-refractivity contribution is -0.384. The van der Waals surface area contributed by atoms with Crippen molar-refractivity contribution in [3.63, 3.8) is 0 Å². The molecule has 0 atom stereocenters. The molecular weight excluding hydrogens is 315 g/mol. The zero-order valence-electron chi connectivity index (χ0n) is 13.1. The van der Waals surface area contributed by atoms with Crippen molar-refractivity contribution in [3.05, 3.63) is 70.0 Å². The number of hydrogen-bond donors (Lipinski definition) is 0. The minimum absolute atomic E-state index is 0.0308. The second-order valence-electron chi connectivity index (χ2n) is 5.08. The molecule has 0 fully saturated rings. The number of halogens is 1. The molecular formula is C17H17FN2O4. The van der Waals surface area contributed by atoms with Crippen LogP contribution in [-0.4, -0.2) is 17.6 Å². The molecule has 0 aliphatic rings. The van der Waals surface area contributed by atoms with Crippen molar-refractivity contribution < 1.29 is 18.8 Å². The summed E-state index contributed by atoms with van der Waals surface area (Å²) in [4.78, 5) is 23.9. The highest BCUT2D eigenvalue weighted by Gasteiger charge is 2.25. The number of carbonyl (C=O) groups is 1. The van der Waals surface area contributed by atoms with Gasteiger partial charge in [-0.15, -0.1) is 0 Å². The Kier molecular flexibility index (Phi) is 5.83. The van der Waals surface area contributed by atoms with E-state index in [1.807, 2.05) is 25.1 Å². The van der Waals surface area contributed by atoms with Gasteiger partial charge in [0.2, 0.25) is 0 Å². The second kappa shape index (κ2) is 8.05. The first-order chi connectivity index (χ1) is 11.5. The molecule has 0 aliphatic heterocycles. The smallest absolute Gasteiger partial charge is 0.414 e. The molecule has 2 rings (SSSR count). The Morgan fingerprint density at radius 2 is 1.96 bits per heavy atom. The van der Waals surface area contributed by atoms with Crippen LogP contribution >= 0.6 is 0 Å². The first-order valence-corrected chi connectivity index (χ1v) is 7.45. The normalized spacial score (nSPS) is 10.2. The molecule has 7 heteroatoms. The molecule has 126 valence electrons. The molecule has 0 unspecified atom stereocenters. The molecule has 0 N–H and O–H groups in total. The molecule has 0 heterocycles. The monoisotopic (exact) mass is 332 g/mol. The van der Waals surface area contributed by atoms with Crippen LogP contribution in [0.4, 0.5) is 20.6 Å². The van der Waals surface area contributed by atoms with E-state index in [2.05, 4.69) is 0 Å². The van der Waals surface area contributed by atoms with Gasteiger partial charge in [0.15, 0.2) is 0 Å². The fraction of sp³-hybridized carbons (Fsp3) is 0.235. The van der Waals surface area contributed by atoms with Crippen LogP contribution in [0.5, 0.6) is 0 Å². The highest BCUT2D eigenvalue weighted by atomic mass is 19.1. The summed E-state index contributed by atoms with van der Waals surface area (Å²) in [5.74, 6) is -0.660. The quantitative estimate of drug-likeness (QED) is 0.584. The number of nitrogens with zero attached hydrogens (tertiary/aromatic N) is 2. The van der Waals surface area contributed by atoms with Gasteiger partial charge in [-0.1, -0.05) is 37.3 Å². The third kappa shape index (κ3) is 4.28. The standard InChI is InChI=1S/C17H17FN2O4/c1-2-10-19(16-11-14(18)8-9-15(16)20(22)23)17(21)24-12-13-6-4-3-5-7-13/h3-9,11H,2,10,12H2,1H3. The van der Waals surface area contributed by atoms with Gasteiger partial charge in [-0.3, -0.25) is 15.0 Å². The number of carbonyl (C=O) groups excluding carboxylic acids is 1. The Balaban J connectivity index is 2.24. The summed E-state index contributed by atoms with van der Waals surface area (Å²) < 4.78 is 18.7. The van der Waals surface area contributed by atoms with Gasteiger partial charge < -0.3 is 4.74 Å². The van der Waals surface area contributed by atoms with Crippen molar-refractivity contribution in [1.82, 2.24) is 0 Å². The third-order valence-electron chi connectivity index (χ3n) is 3.30. The summed E-state index contributed by atoms with van der Waals surface area (Å²) in [5.41, 5.74) is 0.331. The van der Waals surface area contributed by atoms with E-state index in [-0.39, 0.29) is 24.5 Å². The van der Waals surface area contributed by atoms with Gasteiger partial charge in [-0.2, -0.15) is 0 Å². The minimum atomic E-state index is -0.755. The number of ether oxygens (including phenoxy) is 1. The Labute approximate surface area is 138 Å². The van der Waals surface area contributed by atoms with E-state index in [4.69, 9.17) is 4.74 Å². The van der Waals surface area contributed by atoms with Crippen LogP contribution in [0.1, 0.15) is 18.9 Å². The number of hydrogen-bond acceptors (Lipinski definition) is 4. The van der Waals surface area contributed by atoms with E-state index in [9.17, 15) is 19.3 Å². The van der Waals surface area contributed by atoms with Gasteiger partial charge in [-0.05, 0) is 18.1 Å². The molecule has 24 heavy (non-hydrogen) atoms. The lowest BCUT2D eigenvalue weighted by atomic mass is 10.2. The molecule has 1 amide bonds. The average molecular weight is 332 g/mol. The van der Waals surface area contributed by atoms with Crippen LogP contribution in [0.25, 0.3) is 0 Å². The van der Waals surface area contributed by atoms with Crippen molar-refractivity contribution in [2.24, 2.45) is 0 Å². The molecule has 0 spiro atoms. The zero-order chi connectivity index (χ0) is 17.5. The Hall–Kier alpha value is -2.96. The lowest BCUT2D eigenvalue weighted by Crippen LogP contribution is -2.32. The zero-order valence-corrected chi connectivity index (χ0v) is 13.1. The molecule has 0 saturated heterocycles. The summed E-state index contributed by atoms with van der Waals surface area (Å²) in [6.45, 7) is 2.02. The van der Waals surface area contributed by atoms with Gasteiger partial charge in [0.25, 0.3) is 5.69 Å². The molecule has 0 bridgehead atoms. The van der Waals surface area contributed by atoms with Crippen LogP contribution in [0.2, 0.25) is 0 Å². The minimum Gasteiger partial charge on any atom is -0.444 e. The topological polar surface area (TPSA) is 72.7 Å². The Bertz CT molecular complexity index is 722. The van der Waals surface area contributed by atoms with Crippen LogP contribution in [0.15, 0.2) is 48.5 Å². The summed E-state index contributed by atoms with van der Waals surface area (Å²) >= 11 is 0. The maximum atomic E-state index is 13.5. The molecule has 0 radical (unpaired) electrons. The largest absolute Gasteiger partial charge is 0.444 e. The van der Waals surface area contributed by atoms with Crippen LogP contribution < -0.4 is 4.90 Å². The number of rotatable bonds is 6. The SMILES string of the molecule is CCCN(C(=O)OCc1ccccc1)c1cc(F)ccc1[N+](=O)[O-]. The maximum Gasteiger partial charge on any atom is 0.414 e. The summed E-state index contributed by atoms with van der Waals surface area (Å²) in [5, 5.41) is 11.1.